The second-order valence-corrected chi connectivity index (χ2v) is 4.37. The van der Waals surface area contributed by atoms with Crippen molar-refractivity contribution < 1.29 is 9.59 Å². The Morgan fingerprint density at radius 1 is 1.40 bits per heavy atom. The molecule has 0 aromatic carbocycles. The van der Waals surface area contributed by atoms with Crippen molar-refractivity contribution in [1.29, 1.82) is 0 Å². The van der Waals surface area contributed by atoms with Gasteiger partial charge in [-0.3, -0.25) is 9.59 Å². The Morgan fingerprint density at radius 2 is 2.00 bits per heavy atom. The molecule has 86 valence electrons. The van der Waals surface area contributed by atoms with Gasteiger partial charge in [0.2, 0.25) is 11.8 Å². The average molecular weight is 212 g/mol. The molecule has 0 radical (unpaired) electrons. The number of hydrogen-bond acceptors (Lipinski definition) is 2. The van der Waals surface area contributed by atoms with Crippen molar-refractivity contribution in [1.82, 2.24) is 10.2 Å². The third kappa shape index (κ3) is 2.30. The maximum atomic E-state index is 11.9. The van der Waals surface area contributed by atoms with E-state index in [4.69, 9.17) is 0 Å². The molecule has 0 aromatic rings. The molecular formula is C11H20N2O2. The van der Waals surface area contributed by atoms with Crippen molar-refractivity contribution >= 4 is 11.8 Å². The smallest absolute Gasteiger partial charge is 0.245 e. The molecule has 15 heavy (non-hydrogen) atoms. The van der Waals surface area contributed by atoms with Gasteiger partial charge in [0.05, 0.1) is 0 Å². The molecule has 1 aliphatic rings. The molecule has 1 saturated heterocycles. The molecule has 0 aromatic heterocycles. The Labute approximate surface area is 91.0 Å². The van der Waals surface area contributed by atoms with Gasteiger partial charge in [-0.25, -0.2) is 0 Å². The molecule has 1 N–H and O–H groups in total. The highest BCUT2D eigenvalue weighted by Crippen LogP contribution is 2.17. The first-order chi connectivity index (χ1) is 6.99. The van der Waals surface area contributed by atoms with Crippen LogP contribution in [-0.4, -0.2) is 34.8 Å². The average Bonchev–Trinajstić information content (AvgIpc) is 2.14. The molecule has 0 saturated carbocycles. The van der Waals surface area contributed by atoms with Crippen molar-refractivity contribution in [2.75, 3.05) is 0 Å². The van der Waals surface area contributed by atoms with Crippen LogP contribution >= 0.6 is 0 Å². The lowest BCUT2D eigenvalue weighted by molar-refractivity contribution is -0.151. The van der Waals surface area contributed by atoms with Crippen molar-refractivity contribution in [3.05, 3.63) is 0 Å². The normalized spacial score (nSPS) is 27.1. The Balaban J connectivity index is 2.90. The van der Waals surface area contributed by atoms with Gasteiger partial charge in [0.15, 0.2) is 0 Å². The SMILES string of the molecule is CCCC1C(=O)NC(C)C(=O)N1C(C)C. The summed E-state index contributed by atoms with van der Waals surface area (Å²) in [5.41, 5.74) is 0. The van der Waals surface area contributed by atoms with Gasteiger partial charge in [-0.05, 0) is 27.2 Å². The highest BCUT2D eigenvalue weighted by Gasteiger charge is 2.38. The molecule has 4 heteroatoms. The Bertz CT molecular complexity index is 263. The molecule has 4 nitrogen and oxygen atoms in total. The van der Waals surface area contributed by atoms with E-state index in [1.165, 1.54) is 0 Å². The summed E-state index contributed by atoms with van der Waals surface area (Å²) < 4.78 is 0. The molecule has 1 rings (SSSR count). The molecule has 1 heterocycles. The van der Waals surface area contributed by atoms with Gasteiger partial charge in [-0.2, -0.15) is 0 Å². The fourth-order valence-electron chi connectivity index (χ4n) is 2.03. The standard InChI is InChI=1S/C11H20N2O2/c1-5-6-9-10(14)12-8(4)11(15)13(9)7(2)3/h7-9H,5-6H2,1-4H3,(H,12,14). The minimum atomic E-state index is -0.381. The van der Waals surface area contributed by atoms with E-state index in [0.717, 1.165) is 12.8 Å². The van der Waals surface area contributed by atoms with Gasteiger partial charge >= 0.3 is 0 Å². The minimum absolute atomic E-state index is 0.0161. The highest BCUT2D eigenvalue weighted by molar-refractivity contribution is 5.96. The van der Waals surface area contributed by atoms with Gasteiger partial charge < -0.3 is 10.2 Å². The fraction of sp³-hybridized carbons (Fsp3) is 0.818. The lowest BCUT2D eigenvalue weighted by Crippen LogP contribution is -2.64. The first-order valence-electron chi connectivity index (χ1n) is 5.61. The number of nitrogens with zero attached hydrogens (tertiary/aromatic N) is 1. The van der Waals surface area contributed by atoms with Crippen molar-refractivity contribution in [2.24, 2.45) is 0 Å². The van der Waals surface area contributed by atoms with Gasteiger partial charge in [0.25, 0.3) is 0 Å². The van der Waals surface area contributed by atoms with E-state index < -0.39 is 0 Å². The molecule has 0 spiro atoms. The maximum Gasteiger partial charge on any atom is 0.245 e. The Morgan fingerprint density at radius 3 is 2.47 bits per heavy atom. The third-order valence-electron chi connectivity index (χ3n) is 2.74. The van der Waals surface area contributed by atoms with Crippen molar-refractivity contribution in [3.63, 3.8) is 0 Å². The van der Waals surface area contributed by atoms with Crippen LogP contribution in [0.1, 0.15) is 40.5 Å². The molecular weight excluding hydrogens is 192 g/mol. The van der Waals surface area contributed by atoms with Crippen LogP contribution in [0.25, 0.3) is 0 Å². The number of nitrogens with one attached hydrogen (secondary N) is 1. The number of rotatable bonds is 3. The monoisotopic (exact) mass is 212 g/mol. The second-order valence-electron chi connectivity index (χ2n) is 4.37. The van der Waals surface area contributed by atoms with Crippen LogP contribution in [0.3, 0.4) is 0 Å². The van der Waals surface area contributed by atoms with Crippen LogP contribution in [-0.2, 0) is 9.59 Å². The van der Waals surface area contributed by atoms with E-state index in [1.807, 2.05) is 20.8 Å². The molecule has 2 amide bonds. The van der Waals surface area contributed by atoms with Crippen LogP contribution in [0, 0.1) is 0 Å². The van der Waals surface area contributed by atoms with E-state index in [1.54, 1.807) is 11.8 Å². The molecule has 2 atom stereocenters. The van der Waals surface area contributed by atoms with Crippen LogP contribution in [0.2, 0.25) is 0 Å². The third-order valence-corrected chi connectivity index (χ3v) is 2.74. The second kappa shape index (κ2) is 4.64. The zero-order valence-corrected chi connectivity index (χ0v) is 9.91. The lowest BCUT2D eigenvalue weighted by Gasteiger charge is -2.40. The van der Waals surface area contributed by atoms with E-state index in [2.05, 4.69) is 5.32 Å². The lowest BCUT2D eigenvalue weighted by atomic mass is 10.0. The summed E-state index contributed by atoms with van der Waals surface area (Å²) in [6.45, 7) is 7.66. The summed E-state index contributed by atoms with van der Waals surface area (Å²) in [5, 5.41) is 2.72. The minimum Gasteiger partial charge on any atom is -0.343 e. The van der Waals surface area contributed by atoms with Gasteiger partial charge in [0, 0.05) is 6.04 Å². The number of carbonyl (C=O) groups excluding carboxylic acids is 2. The van der Waals surface area contributed by atoms with Gasteiger partial charge in [-0.1, -0.05) is 13.3 Å². The predicted octanol–water partition coefficient (Wildman–Crippen LogP) is 0.910. The molecule has 0 bridgehead atoms. The molecule has 1 fully saturated rings. The summed E-state index contributed by atoms with van der Waals surface area (Å²) >= 11 is 0. The first kappa shape index (κ1) is 12.0. The van der Waals surface area contributed by atoms with Crippen LogP contribution < -0.4 is 5.32 Å². The predicted molar refractivity (Wildman–Crippen MR) is 58.3 cm³/mol. The molecule has 2 unspecified atom stereocenters. The molecule has 0 aliphatic carbocycles. The van der Waals surface area contributed by atoms with Crippen molar-refractivity contribution in [2.45, 2.75) is 58.7 Å². The summed E-state index contributed by atoms with van der Waals surface area (Å²) in [7, 11) is 0. The number of piperazine rings is 1. The van der Waals surface area contributed by atoms with E-state index in [9.17, 15) is 9.59 Å². The van der Waals surface area contributed by atoms with Crippen molar-refractivity contribution in [3.8, 4) is 0 Å². The summed E-state index contributed by atoms with van der Waals surface area (Å²) in [4.78, 5) is 25.4. The number of amides is 2. The van der Waals surface area contributed by atoms with Crippen LogP contribution in [0.15, 0.2) is 0 Å². The van der Waals surface area contributed by atoms with Crippen LogP contribution in [0.4, 0.5) is 0 Å². The first-order valence-corrected chi connectivity index (χ1v) is 5.61. The Kier molecular flexibility index (Phi) is 3.72. The summed E-state index contributed by atoms with van der Waals surface area (Å²) in [6.07, 6.45) is 1.64. The number of hydrogen-bond donors (Lipinski definition) is 1. The van der Waals surface area contributed by atoms with Gasteiger partial charge in [0.1, 0.15) is 12.1 Å². The number of carbonyl (C=O) groups is 2. The van der Waals surface area contributed by atoms with E-state index in [-0.39, 0.29) is 29.9 Å². The zero-order chi connectivity index (χ0) is 11.6. The maximum absolute atomic E-state index is 11.9. The topological polar surface area (TPSA) is 49.4 Å². The van der Waals surface area contributed by atoms with Crippen LogP contribution in [0.5, 0.6) is 0 Å². The molecule has 1 aliphatic heterocycles. The summed E-state index contributed by atoms with van der Waals surface area (Å²) in [6, 6.07) is -0.575. The Hall–Kier alpha value is -1.06. The summed E-state index contributed by atoms with van der Waals surface area (Å²) in [5.74, 6) is 0.0145. The van der Waals surface area contributed by atoms with Gasteiger partial charge in [-0.15, -0.1) is 0 Å². The zero-order valence-electron chi connectivity index (χ0n) is 9.91. The van der Waals surface area contributed by atoms with E-state index >= 15 is 0 Å². The fourth-order valence-corrected chi connectivity index (χ4v) is 2.03. The quantitative estimate of drug-likeness (QED) is 0.756. The van der Waals surface area contributed by atoms with E-state index in [0.29, 0.717) is 0 Å². The highest BCUT2D eigenvalue weighted by atomic mass is 16.2. The largest absolute Gasteiger partial charge is 0.343 e.